The Balaban J connectivity index is 3.20. The van der Waals surface area contributed by atoms with Crippen molar-refractivity contribution in [2.45, 2.75) is 19.6 Å². The van der Waals surface area contributed by atoms with Crippen molar-refractivity contribution in [2.75, 3.05) is 20.0 Å². The highest BCUT2D eigenvalue weighted by molar-refractivity contribution is 5.56. The van der Waals surface area contributed by atoms with Crippen LogP contribution in [0.2, 0.25) is 0 Å². The number of aromatic amines is 1. The fourth-order valence-electron chi connectivity index (χ4n) is 1.52. The molecule has 0 saturated heterocycles. The molecule has 0 atom stereocenters. The van der Waals surface area contributed by atoms with E-state index < -0.39 is 11.8 Å². The molecule has 92 valence electrons. The van der Waals surface area contributed by atoms with Gasteiger partial charge in [-0.3, -0.25) is 4.79 Å². The predicted octanol–water partition coefficient (Wildman–Crippen LogP) is 0.299. The summed E-state index contributed by atoms with van der Waals surface area (Å²) in [5, 5.41) is 8.81. The zero-order valence-electron chi connectivity index (χ0n) is 10.0. The average Bonchev–Trinajstić information content (AvgIpc) is 2.32. The van der Waals surface area contributed by atoms with Crippen molar-refractivity contribution in [3.05, 3.63) is 27.2 Å². The number of H-pyrrole nitrogens is 1. The molecule has 0 aliphatic rings. The first-order chi connectivity index (χ1) is 8.04. The Morgan fingerprint density at radius 1 is 1.47 bits per heavy atom. The van der Waals surface area contributed by atoms with Crippen LogP contribution in [-0.4, -0.2) is 25.5 Å². The summed E-state index contributed by atoms with van der Waals surface area (Å²) >= 11 is 0. The van der Waals surface area contributed by atoms with Gasteiger partial charge in [0.15, 0.2) is 6.29 Å². The molecule has 6 heteroatoms. The van der Waals surface area contributed by atoms with Crippen molar-refractivity contribution < 1.29 is 9.47 Å². The fraction of sp³-hybridized carbons (Fsp3) is 0.455. The Hall–Kier alpha value is -1.84. The van der Waals surface area contributed by atoms with E-state index in [1.54, 1.807) is 6.92 Å². The maximum absolute atomic E-state index is 11.6. The number of methoxy groups -OCH3 is 2. The van der Waals surface area contributed by atoms with Gasteiger partial charge in [0.1, 0.15) is 11.6 Å². The molecule has 0 aliphatic heterocycles. The van der Waals surface area contributed by atoms with E-state index in [0.717, 1.165) is 0 Å². The van der Waals surface area contributed by atoms with E-state index in [0.29, 0.717) is 23.4 Å². The smallest absolute Gasteiger partial charge is 0.266 e. The van der Waals surface area contributed by atoms with Crippen LogP contribution in [0.5, 0.6) is 0 Å². The first-order valence-electron chi connectivity index (χ1n) is 5.02. The van der Waals surface area contributed by atoms with Crippen LogP contribution in [0.15, 0.2) is 4.79 Å². The van der Waals surface area contributed by atoms with E-state index in [9.17, 15) is 4.79 Å². The van der Waals surface area contributed by atoms with Crippen molar-refractivity contribution in [1.82, 2.24) is 4.98 Å². The normalized spacial score (nSPS) is 10.5. The molecule has 1 aromatic heterocycles. The maximum atomic E-state index is 11.6. The predicted molar refractivity (Wildman–Crippen MR) is 62.4 cm³/mol. The van der Waals surface area contributed by atoms with Gasteiger partial charge in [-0.05, 0) is 12.5 Å². The van der Waals surface area contributed by atoms with Gasteiger partial charge in [0.25, 0.3) is 5.56 Å². The topological polar surface area (TPSA) is 101 Å². The van der Waals surface area contributed by atoms with Gasteiger partial charge in [-0.2, -0.15) is 5.26 Å². The van der Waals surface area contributed by atoms with Gasteiger partial charge in [0, 0.05) is 26.3 Å². The van der Waals surface area contributed by atoms with Gasteiger partial charge in [0.05, 0.1) is 5.69 Å². The molecule has 0 aliphatic carbocycles. The maximum Gasteiger partial charge on any atom is 0.266 e. The lowest BCUT2D eigenvalue weighted by Crippen LogP contribution is -2.23. The molecule has 1 heterocycles. The number of ether oxygens (including phenoxy) is 2. The number of anilines is 1. The second-order valence-electron chi connectivity index (χ2n) is 3.56. The molecular weight excluding hydrogens is 222 g/mol. The van der Waals surface area contributed by atoms with Crippen LogP contribution >= 0.6 is 0 Å². The Bertz CT molecular complexity index is 498. The fourth-order valence-corrected chi connectivity index (χ4v) is 1.52. The summed E-state index contributed by atoms with van der Waals surface area (Å²) in [6.07, 6.45) is -0.166. The first-order valence-corrected chi connectivity index (χ1v) is 5.02. The second kappa shape index (κ2) is 5.48. The summed E-state index contributed by atoms with van der Waals surface area (Å²) in [6, 6.07) is 1.83. The molecule has 0 radical (unpaired) electrons. The number of pyridine rings is 1. The van der Waals surface area contributed by atoms with E-state index in [2.05, 4.69) is 4.98 Å². The van der Waals surface area contributed by atoms with E-state index in [4.69, 9.17) is 20.5 Å². The Kier molecular flexibility index (Phi) is 4.26. The number of nitriles is 1. The van der Waals surface area contributed by atoms with Gasteiger partial charge in [-0.25, -0.2) is 0 Å². The van der Waals surface area contributed by atoms with Gasteiger partial charge in [-0.15, -0.1) is 0 Å². The number of nitrogen functional groups attached to an aromatic ring is 1. The summed E-state index contributed by atoms with van der Waals surface area (Å²) in [5.74, 6) is 0. The molecule has 0 aromatic carbocycles. The molecule has 0 spiro atoms. The van der Waals surface area contributed by atoms with Crippen molar-refractivity contribution in [2.24, 2.45) is 0 Å². The number of hydrogen-bond donors (Lipinski definition) is 2. The largest absolute Gasteiger partial charge is 0.397 e. The Morgan fingerprint density at radius 2 is 2.06 bits per heavy atom. The minimum Gasteiger partial charge on any atom is -0.397 e. The zero-order valence-corrected chi connectivity index (χ0v) is 10.0. The molecule has 3 N–H and O–H groups in total. The van der Waals surface area contributed by atoms with Crippen LogP contribution in [0, 0.1) is 18.3 Å². The van der Waals surface area contributed by atoms with Crippen molar-refractivity contribution in [1.29, 1.82) is 5.26 Å². The van der Waals surface area contributed by atoms with E-state index in [1.807, 2.05) is 6.07 Å². The van der Waals surface area contributed by atoms with Crippen LogP contribution in [0.1, 0.15) is 16.8 Å². The molecule has 6 nitrogen and oxygen atoms in total. The molecule has 0 bridgehead atoms. The number of aromatic nitrogens is 1. The Labute approximate surface area is 99.0 Å². The molecule has 1 rings (SSSR count). The SMILES string of the molecule is COC(Cc1[nH]c(=O)c(C#N)c(C)c1N)OC. The van der Waals surface area contributed by atoms with Gasteiger partial charge in [-0.1, -0.05) is 0 Å². The third-order valence-corrected chi connectivity index (χ3v) is 2.60. The number of nitrogens with one attached hydrogen (secondary N) is 1. The summed E-state index contributed by atoms with van der Waals surface area (Å²) in [7, 11) is 3.00. The molecule has 0 amide bonds. The number of nitrogens with two attached hydrogens (primary N) is 1. The van der Waals surface area contributed by atoms with Crippen molar-refractivity contribution >= 4 is 5.69 Å². The third-order valence-electron chi connectivity index (χ3n) is 2.60. The zero-order chi connectivity index (χ0) is 13.0. The average molecular weight is 237 g/mol. The summed E-state index contributed by atoms with van der Waals surface area (Å²) in [4.78, 5) is 14.2. The van der Waals surface area contributed by atoms with Crippen LogP contribution in [0.3, 0.4) is 0 Å². The summed E-state index contributed by atoms with van der Waals surface area (Å²) in [6.45, 7) is 1.64. The molecular formula is C11H15N3O3. The molecule has 0 fully saturated rings. The van der Waals surface area contributed by atoms with Crippen LogP contribution in [-0.2, 0) is 15.9 Å². The minimum absolute atomic E-state index is 0.0395. The van der Waals surface area contributed by atoms with Gasteiger partial charge in [0.2, 0.25) is 0 Å². The number of rotatable bonds is 4. The first kappa shape index (κ1) is 13.2. The number of nitrogens with zero attached hydrogens (tertiary/aromatic N) is 1. The molecule has 0 saturated carbocycles. The van der Waals surface area contributed by atoms with E-state index in [1.165, 1.54) is 14.2 Å². The molecule has 0 unspecified atom stereocenters. The van der Waals surface area contributed by atoms with E-state index >= 15 is 0 Å². The third kappa shape index (κ3) is 2.64. The monoisotopic (exact) mass is 237 g/mol. The quantitative estimate of drug-likeness (QED) is 0.733. The van der Waals surface area contributed by atoms with Crippen LogP contribution in [0.4, 0.5) is 5.69 Å². The minimum atomic E-state index is -0.486. The molecule has 17 heavy (non-hydrogen) atoms. The highest BCUT2D eigenvalue weighted by atomic mass is 16.7. The van der Waals surface area contributed by atoms with Gasteiger partial charge >= 0.3 is 0 Å². The summed E-state index contributed by atoms with van der Waals surface area (Å²) in [5.41, 5.74) is 6.84. The lowest BCUT2D eigenvalue weighted by molar-refractivity contribution is -0.101. The number of hydrogen-bond acceptors (Lipinski definition) is 5. The van der Waals surface area contributed by atoms with Crippen LogP contribution < -0.4 is 11.3 Å². The van der Waals surface area contributed by atoms with Crippen LogP contribution in [0.25, 0.3) is 0 Å². The lowest BCUT2D eigenvalue weighted by atomic mass is 10.1. The van der Waals surface area contributed by atoms with Gasteiger partial charge < -0.3 is 20.2 Å². The summed E-state index contributed by atoms with van der Waals surface area (Å²) < 4.78 is 10.1. The van der Waals surface area contributed by atoms with E-state index in [-0.39, 0.29) is 5.56 Å². The lowest BCUT2D eigenvalue weighted by Gasteiger charge is -2.15. The molecule has 1 aromatic rings. The van der Waals surface area contributed by atoms with Crippen molar-refractivity contribution in [3.63, 3.8) is 0 Å². The Morgan fingerprint density at radius 3 is 2.53 bits per heavy atom. The highest BCUT2D eigenvalue weighted by Gasteiger charge is 2.15. The second-order valence-corrected chi connectivity index (χ2v) is 3.56. The standard InChI is InChI=1S/C11H15N3O3/c1-6-7(5-12)11(15)14-8(10(6)13)4-9(16-2)17-3/h9H,4,13H2,1-3H3,(H,14,15). The highest BCUT2D eigenvalue weighted by Crippen LogP contribution is 2.17. The van der Waals surface area contributed by atoms with Crippen molar-refractivity contribution in [3.8, 4) is 6.07 Å².